The van der Waals surface area contributed by atoms with Gasteiger partial charge in [0.1, 0.15) is 6.04 Å². The van der Waals surface area contributed by atoms with Gasteiger partial charge in [-0.2, -0.15) is 0 Å². The molecule has 2 amide bonds. The van der Waals surface area contributed by atoms with Crippen molar-refractivity contribution in [2.24, 2.45) is 0 Å². The third kappa shape index (κ3) is 5.87. The molecule has 0 bridgehead atoms. The molecule has 1 aromatic carbocycles. The Hall–Kier alpha value is -1.84. The molecule has 25 heavy (non-hydrogen) atoms. The van der Waals surface area contributed by atoms with E-state index in [4.69, 9.17) is 0 Å². The zero-order chi connectivity index (χ0) is 18.2. The molecule has 1 aliphatic rings. The van der Waals surface area contributed by atoms with Gasteiger partial charge in [0.15, 0.2) is 0 Å². The van der Waals surface area contributed by atoms with Crippen molar-refractivity contribution in [2.45, 2.75) is 84.3 Å². The van der Waals surface area contributed by atoms with Gasteiger partial charge < -0.3 is 10.2 Å². The summed E-state index contributed by atoms with van der Waals surface area (Å²) in [5.74, 6) is 0.0258. The number of nitrogens with zero attached hydrogens (tertiary/aromatic N) is 1. The lowest BCUT2D eigenvalue weighted by Gasteiger charge is -2.31. The highest BCUT2D eigenvalue weighted by Gasteiger charge is 2.27. The maximum atomic E-state index is 12.7. The molecule has 0 heterocycles. The molecule has 0 spiro atoms. The first kappa shape index (κ1) is 19.5. The van der Waals surface area contributed by atoms with Crippen molar-refractivity contribution in [1.82, 2.24) is 10.2 Å². The molecule has 0 radical (unpaired) electrons. The fourth-order valence-electron chi connectivity index (χ4n) is 3.40. The molecule has 1 atom stereocenters. The van der Waals surface area contributed by atoms with Crippen LogP contribution in [0.2, 0.25) is 0 Å². The molecule has 1 N–H and O–H groups in total. The van der Waals surface area contributed by atoms with Crippen LogP contribution < -0.4 is 5.32 Å². The lowest BCUT2D eigenvalue weighted by atomic mass is 9.95. The quantitative estimate of drug-likeness (QED) is 0.814. The van der Waals surface area contributed by atoms with Crippen LogP contribution in [0.15, 0.2) is 24.3 Å². The summed E-state index contributed by atoms with van der Waals surface area (Å²) < 4.78 is 0. The first-order chi connectivity index (χ1) is 12.0. The molecule has 4 heteroatoms. The number of carbonyl (C=O) groups is 2. The highest BCUT2D eigenvalue weighted by molar-refractivity contribution is 5.87. The number of amides is 2. The van der Waals surface area contributed by atoms with Crippen molar-refractivity contribution in [3.05, 3.63) is 35.4 Å². The third-order valence-electron chi connectivity index (χ3n) is 5.06. The Bertz CT molecular complexity index is 562. The van der Waals surface area contributed by atoms with E-state index in [2.05, 4.69) is 5.32 Å². The first-order valence-corrected chi connectivity index (χ1v) is 9.66. The lowest BCUT2D eigenvalue weighted by molar-refractivity contribution is -0.141. The highest BCUT2D eigenvalue weighted by atomic mass is 16.2. The second-order valence-electron chi connectivity index (χ2n) is 7.28. The van der Waals surface area contributed by atoms with Gasteiger partial charge in [-0.3, -0.25) is 9.59 Å². The van der Waals surface area contributed by atoms with Crippen LogP contribution in [0.3, 0.4) is 0 Å². The van der Waals surface area contributed by atoms with Crippen molar-refractivity contribution < 1.29 is 9.59 Å². The summed E-state index contributed by atoms with van der Waals surface area (Å²) in [6.45, 7) is 6.37. The normalized spacial score (nSPS) is 16.3. The van der Waals surface area contributed by atoms with E-state index >= 15 is 0 Å². The van der Waals surface area contributed by atoms with Gasteiger partial charge in [0.2, 0.25) is 11.8 Å². The summed E-state index contributed by atoms with van der Waals surface area (Å²) in [5.41, 5.74) is 2.26. The maximum Gasteiger partial charge on any atom is 0.242 e. The van der Waals surface area contributed by atoms with Gasteiger partial charge >= 0.3 is 0 Å². The lowest BCUT2D eigenvalue weighted by Crippen LogP contribution is -2.50. The predicted molar refractivity (Wildman–Crippen MR) is 101 cm³/mol. The monoisotopic (exact) mass is 344 g/mol. The van der Waals surface area contributed by atoms with Crippen LogP contribution in [0.25, 0.3) is 0 Å². The van der Waals surface area contributed by atoms with Crippen molar-refractivity contribution in [1.29, 1.82) is 0 Å². The van der Waals surface area contributed by atoms with Gasteiger partial charge in [0.25, 0.3) is 0 Å². The Morgan fingerprint density at radius 1 is 1.16 bits per heavy atom. The Morgan fingerprint density at radius 2 is 1.80 bits per heavy atom. The number of aryl methyl sites for hydroxylation is 1. The second kappa shape index (κ2) is 9.59. The largest absolute Gasteiger partial charge is 0.352 e. The number of carbonyl (C=O) groups excluding carboxylic acids is 2. The van der Waals surface area contributed by atoms with Crippen LogP contribution in [-0.2, 0) is 16.1 Å². The summed E-state index contributed by atoms with van der Waals surface area (Å²) in [6, 6.07) is 7.99. The number of nitrogens with one attached hydrogen (secondary N) is 1. The van der Waals surface area contributed by atoms with E-state index in [0.717, 1.165) is 24.8 Å². The minimum Gasteiger partial charge on any atom is -0.352 e. The minimum absolute atomic E-state index is 0.0246. The molecule has 2 rings (SSSR count). The fourth-order valence-corrected chi connectivity index (χ4v) is 3.40. The van der Waals surface area contributed by atoms with Crippen LogP contribution in [0.1, 0.15) is 69.9 Å². The molecule has 138 valence electrons. The number of rotatable bonds is 7. The summed E-state index contributed by atoms with van der Waals surface area (Å²) >= 11 is 0. The van der Waals surface area contributed by atoms with Gasteiger partial charge in [0.05, 0.1) is 0 Å². The fraction of sp³-hybridized carbons (Fsp3) is 0.619. The van der Waals surface area contributed by atoms with Gasteiger partial charge in [0, 0.05) is 19.0 Å². The van der Waals surface area contributed by atoms with E-state index in [1.165, 1.54) is 24.8 Å². The molecular formula is C21H32N2O2. The van der Waals surface area contributed by atoms with Crippen LogP contribution in [-0.4, -0.2) is 28.8 Å². The number of benzene rings is 1. The predicted octanol–water partition coefficient (Wildman–Crippen LogP) is 3.96. The molecule has 0 saturated heterocycles. The summed E-state index contributed by atoms with van der Waals surface area (Å²) in [5, 5.41) is 3.16. The zero-order valence-electron chi connectivity index (χ0n) is 15.9. The van der Waals surface area contributed by atoms with E-state index in [0.29, 0.717) is 13.0 Å². The Morgan fingerprint density at radius 3 is 2.40 bits per heavy atom. The summed E-state index contributed by atoms with van der Waals surface area (Å²) in [7, 11) is 0. The van der Waals surface area contributed by atoms with Crippen LogP contribution >= 0.6 is 0 Å². The van der Waals surface area contributed by atoms with Crippen molar-refractivity contribution in [3.8, 4) is 0 Å². The minimum atomic E-state index is -0.442. The van der Waals surface area contributed by atoms with E-state index < -0.39 is 6.04 Å². The first-order valence-electron chi connectivity index (χ1n) is 9.66. The maximum absolute atomic E-state index is 12.7. The Kier molecular flexibility index (Phi) is 7.48. The van der Waals surface area contributed by atoms with E-state index in [9.17, 15) is 9.59 Å². The van der Waals surface area contributed by atoms with Crippen molar-refractivity contribution in [2.75, 3.05) is 0 Å². The van der Waals surface area contributed by atoms with Gasteiger partial charge in [-0.05, 0) is 38.7 Å². The molecule has 1 saturated carbocycles. The molecule has 0 aliphatic heterocycles. The van der Waals surface area contributed by atoms with Gasteiger partial charge in [-0.1, -0.05) is 56.0 Å². The van der Waals surface area contributed by atoms with Crippen LogP contribution in [0, 0.1) is 6.92 Å². The average molecular weight is 344 g/mol. The summed E-state index contributed by atoms with van der Waals surface area (Å²) in [4.78, 5) is 27.0. The van der Waals surface area contributed by atoms with Crippen molar-refractivity contribution >= 4 is 11.8 Å². The smallest absolute Gasteiger partial charge is 0.242 e. The number of hydrogen-bond donors (Lipinski definition) is 1. The van der Waals surface area contributed by atoms with Gasteiger partial charge in [-0.15, -0.1) is 0 Å². The highest BCUT2D eigenvalue weighted by Crippen LogP contribution is 2.18. The molecular weight excluding hydrogens is 312 g/mol. The van der Waals surface area contributed by atoms with E-state index in [1.54, 1.807) is 4.90 Å². The third-order valence-corrected chi connectivity index (χ3v) is 5.06. The molecule has 1 aromatic rings. The number of hydrogen-bond acceptors (Lipinski definition) is 2. The van der Waals surface area contributed by atoms with Gasteiger partial charge in [-0.25, -0.2) is 0 Å². The molecule has 1 fully saturated rings. The SMILES string of the molecule is CCCC(=O)N(Cc1ccc(C)cc1)[C@@H](C)C(=O)NC1CCCCC1. The Labute approximate surface area is 152 Å². The average Bonchev–Trinajstić information content (AvgIpc) is 2.61. The summed E-state index contributed by atoms with van der Waals surface area (Å²) in [6.07, 6.45) is 7.00. The molecule has 1 aliphatic carbocycles. The van der Waals surface area contributed by atoms with Crippen LogP contribution in [0.4, 0.5) is 0 Å². The second-order valence-corrected chi connectivity index (χ2v) is 7.28. The molecule has 0 aromatic heterocycles. The van der Waals surface area contributed by atoms with E-state index in [1.807, 2.05) is 45.0 Å². The molecule has 0 unspecified atom stereocenters. The topological polar surface area (TPSA) is 49.4 Å². The van der Waals surface area contributed by atoms with E-state index in [-0.39, 0.29) is 17.9 Å². The standard InChI is InChI=1S/C21H32N2O2/c1-4-8-20(24)23(15-18-13-11-16(2)12-14-18)17(3)21(25)22-19-9-6-5-7-10-19/h11-14,17,19H,4-10,15H2,1-3H3,(H,22,25)/t17-/m0/s1. The Balaban J connectivity index is 2.05. The van der Waals surface area contributed by atoms with Crippen molar-refractivity contribution in [3.63, 3.8) is 0 Å². The molecule has 4 nitrogen and oxygen atoms in total. The zero-order valence-corrected chi connectivity index (χ0v) is 15.9. The van der Waals surface area contributed by atoms with Crippen LogP contribution in [0.5, 0.6) is 0 Å².